The summed E-state index contributed by atoms with van der Waals surface area (Å²) < 4.78 is 7.85. The fourth-order valence-electron chi connectivity index (χ4n) is 2.87. The highest BCUT2D eigenvalue weighted by atomic mass is 16.5. The number of nitrogens with zero attached hydrogens (tertiary/aromatic N) is 2. The predicted molar refractivity (Wildman–Crippen MR) is 103 cm³/mol. The molecule has 1 N–H and O–H groups in total. The van der Waals surface area contributed by atoms with E-state index < -0.39 is 0 Å². The van der Waals surface area contributed by atoms with Gasteiger partial charge in [0.1, 0.15) is 24.7 Å². The Labute approximate surface area is 154 Å². The van der Waals surface area contributed by atoms with E-state index in [1.807, 2.05) is 60.0 Å². The molecule has 0 saturated heterocycles. The van der Waals surface area contributed by atoms with Crippen molar-refractivity contribution in [3.8, 4) is 5.75 Å². The second-order valence-corrected chi connectivity index (χ2v) is 6.41. The molecule has 5 heteroatoms. The highest BCUT2D eigenvalue weighted by Gasteiger charge is 2.14. The summed E-state index contributed by atoms with van der Waals surface area (Å²) in [5.74, 6) is 1.55. The molecular formula is C21H25N3O2. The Kier molecular flexibility index (Phi) is 5.89. The van der Waals surface area contributed by atoms with Gasteiger partial charge < -0.3 is 14.6 Å². The van der Waals surface area contributed by atoms with Gasteiger partial charge in [0.15, 0.2) is 0 Å². The molecule has 0 radical (unpaired) electrons. The van der Waals surface area contributed by atoms with Gasteiger partial charge in [-0.3, -0.25) is 4.79 Å². The van der Waals surface area contributed by atoms with Gasteiger partial charge in [0.2, 0.25) is 5.91 Å². The van der Waals surface area contributed by atoms with E-state index in [0.717, 1.165) is 41.0 Å². The Hall–Kier alpha value is -2.82. The largest absolute Gasteiger partial charge is 0.486 e. The van der Waals surface area contributed by atoms with Crippen molar-refractivity contribution in [3.05, 3.63) is 59.9 Å². The van der Waals surface area contributed by atoms with Gasteiger partial charge in [0, 0.05) is 6.54 Å². The van der Waals surface area contributed by atoms with Crippen molar-refractivity contribution in [1.82, 2.24) is 14.9 Å². The Bertz CT molecular complexity index is 886. The van der Waals surface area contributed by atoms with Gasteiger partial charge in [0.05, 0.1) is 11.0 Å². The second kappa shape index (κ2) is 8.52. The van der Waals surface area contributed by atoms with Crippen LogP contribution in [0.25, 0.3) is 11.0 Å². The molecule has 0 atom stereocenters. The third-order valence-corrected chi connectivity index (χ3v) is 4.25. The third kappa shape index (κ3) is 4.42. The van der Waals surface area contributed by atoms with Crippen LogP contribution < -0.4 is 10.1 Å². The number of amides is 1. The summed E-state index contributed by atoms with van der Waals surface area (Å²) >= 11 is 0. The van der Waals surface area contributed by atoms with Crippen LogP contribution in [0.15, 0.2) is 48.5 Å². The van der Waals surface area contributed by atoms with Gasteiger partial charge in [-0.1, -0.05) is 37.6 Å². The van der Waals surface area contributed by atoms with Crippen molar-refractivity contribution in [2.24, 2.45) is 0 Å². The van der Waals surface area contributed by atoms with Crippen LogP contribution in [0, 0.1) is 6.92 Å². The maximum atomic E-state index is 12.3. The molecule has 0 bridgehead atoms. The number of nitrogens with one attached hydrogen (secondary N) is 1. The van der Waals surface area contributed by atoms with Crippen LogP contribution in [0.5, 0.6) is 5.75 Å². The SMILES string of the molecule is CCCCNC(=O)Cn1c(COc2cccc(C)c2)nc2ccccc21. The highest BCUT2D eigenvalue weighted by Crippen LogP contribution is 2.19. The molecule has 136 valence electrons. The molecule has 0 aliphatic rings. The first-order chi connectivity index (χ1) is 12.7. The Morgan fingerprint density at radius 2 is 2.04 bits per heavy atom. The Morgan fingerprint density at radius 1 is 1.19 bits per heavy atom. The van der Waals surface area contributed by atoms with E-state index in [4.69, 9.17) is 4.74 Å². The van der Waals surface area contributed by atoms with Crippen LogP contribution >= 0.6 is 0 Å². The minimum atomic E-state index is -0.00147. The van der Waals surface area contributed by atoms with Crippen LogP contribution in [0.2, 0.25) is 0 Å². The molecular weight excluding hydrogens is 326 g/mol. The first-order valence-corrected chi connectivity index (χ1v) is 9.07. The molecule has 5 nitrogen and oxygen atoms in total. The molecule has 0 aliphatic heterocycles. The van der Waals surface area contributed by atoms with Crippen molar-refractivity contribution in [2.75, 3.05) is 6.54 Å². The van der Waals surface area contributed by atoms with Crippen LogP contribution in [0.1, 0.15) is 31.2 Å². The minimum Gasteiger partial charge on any atom is -0.486 e. The quantitative estimate of drug-likeness (QED) is 0.627. The molecule has 3 rings (SSSR count). The fourth-order valence-corrected chi connectivity index (χ4v) is 2.87. The molecule has 0 saturated carbocycles. The zero-order valence-corrected chi connectivity index (χ0v) is 15.4. The van der Waals surface area contributed by atoms with Gasteiger partial charge in [-0.2, -0.15) is 0 Å². The number of hydrogen-bond donors (Lipinski definition) is 1. The molecule has 3 aromatic rings. The molecule has 26 heavy (non-hydrogen) atoms. The van der Waals surface area contributed by atoms with Gasteiger partial charge >= 0.3 is 0 Å². The predicted octanol–water partition coefficient (Wildman–Crippen LogP) is 3.84. The lowest BCUT2D eigenvalue weighted by molar-refractivity contribution is -0.121. The number of rotatable bonds is 8. The Balaban J connectivity index is 1.79. The van der Waals surface area contributed by atoms with E-state index in [0.29, 0.717) is 13.2 Å². The molecule has 0 spiro atoms. The summed E-state index contributed by atoms with van der Waals surface area (Å²) in [5, 5.41) is 2.97. The van der Waals surface area contributed by atoms with Crippen LogP contribution in [-0.2, 0) is 17.9 Å². The summed E-state index contributed by atoms with van der Waals surface area (Å²) in [5.41, 5.74) is 2.96. The summed E-state index contributed by atoms with van der Waals surface area (Å²) in [4.78, 5) is 17.0. The normalized spacial score (nSPS) is 10.8. The number of fused-ring (bicyclic) bond motifs is 1. The lowest BCUT2D eigenvalue weighted by atomic mass is 10.2. The molecule has 0 fully saturated rings. The number of hydrogen-bond acceptors (Lipinski definition) is 3. The number of carbonyl (C=O) groups is 1. The minimum absolute atomic E-state index is 0.00147. The maximum absolute atomic E-state index is 12.3. The zero-order valence-electron chi connectivity index (χ0n) is 15.4. The molecule has 0 unspecified atom stereocenters. The lowest BCUT2D eigenvalue weighted by Crippen LogP contribution is -2.29. The van der Waals surface area contributed by atoms with E-state index >= 15 is 0 Å². The fraction of sp³-hybridized carbons (Fsp3) is 0.333. The Morgan fingerprint density at radius 3 is 2.85 bits per heavy atom. The van der Waals surface area contributed by atoms with Crippen LogP contribution in [0.3, 0.4) is 0 Å². The summed E-state index contributed by atoms with van der Waals surface area (Å²) in [6.45, 7) is 5.41. The first kappa shape index (κ1) is 18.0. The van der Waals surface area contributed by atoms with Gasteiger partial charge in [-0.05, 0) is 43.2 Å². The summed E-state index contributed by atoms with van der Waals surface area (Å²) in [6.07, 6.45) is 2.05. The van der Waals surface area contributed by atoms with Crippen molar-refractivity contribution in [2.45, 2.75) is 39.8 Å². The number of carbonyl (C=O) groups excluding carboxylic acids is 1. The average Bonchev–Trinajstić information content (AvgIpc) is 2.98. The number of benzene rings is 2. The smallest absolute Gasteiger partial charge is 0.240 e. The first-order valence-electron chi connectivity index (χ1n) is 9.07. The average molecular weight is 351 g/mol. The highest BCUT2D eigenvalue weighted by molar-refractivity contribution is 5.81. The van der Waals surface area contributed by atoms with Gasteiger partial charge in [-0.25, -0.2) is 4.98 Å². The zero-order chi connectivity index (χ0) is 18.4. The second-order valence-electron chi connectivity index (χ2n) is 6.41. The van der Waals surface area contributed by atoms with E-state index in [1.54, 1.807) is 0 Å². The molecule has 1 aromatic heterocycles. The number of unbranched alkanes of at least 4 members (excludes halogenated alkanes) is 1. The summed E-state index contributed by atoms with van der Waals surface area (Å²) in [6, 6.07) is 15.8. The van der Waals surface area contributed by atoms with E-state index in [9.17, 15) is 4.79 Å². The molecule has 0 aliphatic carbocycles. The van der Waals surface area contributed by atoms with Crippen molar-refractivity contribution in [3.63, 3.8) is 0 Å². The lowest BCUT2D eigenvalue weighted by Gasteiger charge is -2.11. The number of imidazole rings is 1. The monoisotopic (exact) mass is 351 g/mol. The van der Waals surface area contributed by atoms with Crippen molar-refractivity contribution in [1.29, 1.82) is 0 Å². The van der Waals surface area contributed by atoms with Crippen molar-refractivity contribution >= 4 is 16.9 Å². The molecule has 1 amide bonds. The number of ether oxygens (including phenoxy) is 1. The van der Waals surface area contributed by atoms with Gasteiger partial charge in [0.25, 0.3) is 0 Å². The number of para-hydroxylation sites is 2. The van der Waals surface area contributed by atoms with Crippen LogP contribution in [-0.4, -0.2) is 22.0 Å². The van der Waals surface area contributed by atoms with Gasteiger partial charge in [-0.15, -0.1) is 0 Å². The maximum Gasteiger partial charge on any atom is 0.240 e. The standard InChI is InChI=1S/C21H25N3O2/c1-3-4-12-22-21(25)14-24-19-11-6-5-10-18(19)23-20(24)15-26-17-9-7-8-16(2)13-17/h5-11,13H,3-4,12,14-15H2,1-2H3,(H,22,25). The van der Waals surface area contributed by atoms with E-state index in [1.165, 1.54) is 0 Å². The van der Waals surface area contributed by atoms with E-state index in [2.05, 4.69) is 17.2 Å². The summed E-state index contributed by atoms with van der Waals surface area (Å²) in [7, 11) is 0. The number of aromatic nitrogens is 2. The molecule has 1 heterocycles. The van der Waals surface area contributed by atoms with Crippen LogP contribution in [0.4, 0.5) is 0 Å². The van der Waals surface area contributed by atoms with E-state index in [-0.39, 0.29) is 12.5 Å². The van der Waals surface area contributed by atoms with Crippen molar-refractivity contribution < 1.29 is 9.53 Å². The number of aryl methyl sites for hydroxylation is 1. The molecule has 2 aromatic carbocycles. The topological polar surface area (TPSA) is 56.2 Å². The third-order valence-electron chi connectivity index (χ3n) is 4.25.